The molecule has 6 nitrogen and oxygen atoms in total. The number of pyridine rings is 1. The molecule has 0 spiro atoms. The van der Waals surface area contributed by atoms with E-state index in [1.54, 1.807) is 12.1 Å². The summed E-state index contributed by atoms with van der Waals surface area (Å²) < 4.78 is 0. The predicted molar refractivity (Wildman–Crippen MR) is 61.2 cm³/mol. The van der Waals surface area contributed by atoms with E-state index >= 15 is 0 Å². The Morgan fingerprint density at radius 1 is 1.44 bits per heavy atom. The van der Waals surface area contributed by atoms with Crippen molar-refractivity contribution < 1.29 is 4.79 Å². The topological polar surface area (TPSA) is 93.8 Å². The number of nitrogens with two attached hydrogens (primary N) is 1. The van der Waals surface area contributed by atoms with Crippen molar-refractivity contribution in [1.82, 2.24) is 15.2 Å². The fraction of sp³-hybridized carbons (Fsp3) is 0.111. The number of carbonyl (C=O) groups excluding carboxylic acids is 1. The van der Waals surface area contributed by atoms with E-state index in [0.717, 1.165) is 17.0 Å². The lowest BCUT2D eigenvalue weighted by molar-refractivity contribution is 0.102. The molecule has 16 heavy (non-hydrogen) atoms. The maximum Gasteiger partial charge on any atom is 0.276 e. The molecule has 3 N–H and O–H groups in total. The number of amides is 1. The number of anilines is 2. The number of nitrogens with zero attached hydrogens (tertiary/aromatic N) is 3. The Balaban J connectivity index is 2.14. The Morgan fingerprint density at radius 3 is 2.88 bits per heavy atom. The Kier molecular flexibility index (Phi) is 2.78. The molecule has 0 aliphatic carbocycles. The lowest BCUT2D eigenvalue weighted by atomic mass is 10.3. The second-order valence-corrected chi connectivity index (χ2v) is 4.07. The highest BCUT2D eigenvalue weighted by Crippen LogP contribution is 2.16. The zero-order chi connectivity index (χ0) is 11.5. The van der Waals surface area contributed by atoms with E-state index in [-0.39, 0.29) is 5.91 Å². The molecule has 0 unspecified atom stereocenters. The van der Waals surface area contributed by atoms with Gasteiger partial charge in [-0.15, -0.1) is 10.2 Å². The smallest absolute Gasteiger partial charge is 0.276 e. The largest absolute Gasteiger partial charge is 0.374 e. The van der Waals surface area contributed by atoms with Crippen molar-refractivity contribution in [1.29, 1.82) is 0 Å². The van der Waals surface area contributed by atoms with Crippen molar-refractivity contribution in [2.24, 2.45) is 0 Å². The SMILES string of the molecule is Cc1cccc(C(=O)Nc2nnc(N)s2)n1. The maximum atomic E-state index is 11.7. The lowest BCUT2D eigenvalue weighted by Crippen LogP contribution is -2.13. The van der Waals surface area contributed by atoms with Gasteiger partial charge in [-0.1, -0.05) is 17.4 Å². The Morgan fingerprint density at radius 2 is 2.25 bits per heavy atom. The molecule has 82 valence electrons. The summed E-state index contributed by atoms with van der Waals surface area (Å²) in [5.74, 6) is -0.320. The van der Waals surface area contributed by atoms with E-state index in [9.17, 15) is 4.79 Å². The Hall–Kier alpha value is -2.02. The summed E-state index contributed by atoms with van der Waals surface area (Å²) in [5, 5.41) is 10.5. The van der Waals surface area contributed by atoms with Crippen LogP contribution in [0.1, 0.15) is 16.2 Å². The highest BCUT2D eigenvalue weighted by Gasteiger charge is 2.10. The average Bonchev–Trinajstić information content (AvgIpc) is 2.64. The number of hydrogen-bond donors (Lipinski definition) is 2. The van der Waals surface area contributed by atoms with Crippen LogP contribution < -0.4 is 11.1 Å². The summed E-state index contributed by atoms with van der Waals surface area (Å²) in [7, 11) is 0. The third kappa shape index (κ3) is 2.31. The predicted octanol–water partition coefficient (Wildman–Crippen LogP) is 1.08. The van der Waals surface area contributed by atoms with Crippen LogP contribution in [0.2, 0.25) is 0 Å². The van der Waals surface area contributed by atoms with Crippen LogP contribution in [0.3, 0.4) is 0 Å². The molecule has 0 saturated carbocycles. The molecule has 2 rings (SSSR count). The second kappa shape index (κ2) is 4.23. The van der Waals surface area contributed by atoms with Gasteiger partial charge in [0, 0.05) is 5.69 Å². The third-order valence-electron chi connectivity index (χ3n) is 1.78. The van der Waals surface area contributed by atoms with Gasteiger partial charge in [0.25, 0.3) is 5.91 Å². The summed E-state index contributed by atoms with van der Waals surface area (Å²) in [4.78, 5) is 15.8. The number of nitrogens with one attached hydrogen (secondary N) is 1. The molecular weight excluding hydrogens is 226 g/mol. The van der Waals surface area contributed by atoms with Gasteiger partial charge in [0.2, 0.25) is 10.3 Å². The van der Waals surface area contributed by atoms with E-state index in [1.807, 2.05) is 13.0 Å². The number of hydrogen-bond acceptors (Lipinski definition) is 6. The molecule has 0 radical (unpaired) electrons. The Labute approximate surface area is 95.5 Å². The van der Waals surface area contributed by atoms with Gasteiger partial charge in [0.15, 0.2) is 0 Å². The molecule has 2 aromatic rings. The molecule has 0 aromatic carbocycles. The average molecular weight is 235 g/mol. The van der Waals surface area contributed by atoms with Gasteiger partial charge in [-0.3, -0.25) is 10.1 Å². The van der Waals surface area contributed by atoms with Crippen LogP contribution in [0.25, 0.3) is 0 Å². The molecule has 7 heteroatoms. The lowest BCUT2D eigenvalue weighted by Gasteiger charge is -2.00. The van der Waals surface area contributed by atoms with Gasteiger partial charge in [-0.05, 0) is 19.1 Å². The van der Waals surface area contributed by atoms with Crippen molar-refractivity contribution in [3.63, 3.8) is 0 Å². The number of aryl methyl sites for hydroxylation is 1. The van der Waals surface area contributed by atoms with E-state index in [1.165, 1.54) is 0 Å². The standard InChI is InChI=1S/C9H9N5OS/c1-5-3-2-4-6(11-5)7(15)12-9-14-13-8(10)16-9/h2-4H,1H3,(H2,10,13)(H,12,14,15). The first-order chi connectivity index (χ1) is 7.65. The van der Waals surface area contributed by atoms with Crippen molar-refractivity contribution >= 4 is 27.5 Å². The van der Waals surface area contributed by atoms with E-state index in [0.29, 0.717) is 16.0 Å². The molecule has 1 amide bonds. The molecule has 0 aliphatic heterocycles. The molecule has 0 atom stereocenters. The fourth-order valence-corrected chi connectivity index (χ4v) is 1.62. The van der Waals surface area contributed by atoms with Crippen molar-refractivity contribution in [2.75, 3.05) is 11.1 Å². The quantitative estimate of drug-likeness (QED) is 0.812. The zero-order valence-corrected chi connectivity index (χ0v) is 9.28. The molecule has 0 fully saturated rings. The minimum atomic E-state index is -0.320. The number of aromatic nitrogens is 3. The monoisotopic (exact) mass is 235 g/mol. The van der Waals surface area contributed by atoms with Gasteiger partial charge in [0.1, 0.15) is 5.69 Å². The maximum absolute atomic E-state index is 11.7. The highest BCUT2D eigenvalue weighted by atomic mass is 32.1. The summed E-state index contributed by atoms with van der Waals surface area (Å²) >= 11 is 1.11. The van der Waals surface area contributed by atoms with Crippen molar-refractivity contribution in [3.05, 3.63) is 29.6 Å². The van der Waals surface area contributed by atoms with Crippen LogP contribution in [0, 0.1) is 6.92 Å². The van der Waals surface area contributed by atoms with Gasteiger partial charge in [-0.25, -0.2) is 4.98 Å². The Bertz CT molecular complexity index is 524. The van der Waals surface area contributed by atoms with Gasteiger partial charge in [-0.2, -0.15) is 0 Å². The van der Waals surface area contributed by atoms with E-state index in [2.05, 4.69) is 20.5 Å². The minimum Gasteiger partial charge on any atom is -0.374 e. The summed E-state index contributed by atoms with van der Waals surface area (Å²) in [6.07, 6.45) is 0. The van der Waals surface area contributed by atoms with E-state index < -0.39 is 0 Å². The molecule has 0 bridgehead atoms. The summed E-state index contributed by atoms with van der Waals surface area (Å²) in [5.41, 5.74) is 6.52. The zero-order valence-electron chi connectivity index (χ0n) is 8.47. The van der Waals surface area contributed by atoms with Crippen LogP contribution in [0.15, 0.2) is 18.2 Å². The first-order valence-corrected chi connectivity index (χ1v) is 5.31. The fourth-order valence-electron chi connectivity index (χ4n) is 1.12. The molecule has 0 aliphatic rings. The van der Waals surface area contributed by atoms with Gasteiger partial charge < -0.3 is 5.73 Å². The van der Waals surface area contributed by atoms with Gasteiger partial charge >= 0.3 is 0 Å². The number of rotatable bonds is 2. The molecule has 0 saturated heterocycles. The first-order valence-electron chi connectivity index (χ1n) is 4.49. The normalized spacial score (nSPS) is 10.1. The van der Waals surface area contributed by atoms with Gasteiger partial charge in [0.05, 0.1) is 0 Å². The van der Waals surface area contributed by atoms with Crippen LogP contribution in [-0.2, 0) is 0 Å². The van der Waals surface area contributed by atoms with Crippen LogP contribution in [0.4, 0.5) is 10.3 Å². The van der Waals surface area contributed by atoms with Crippen molar-refractivity contribution in [2.45, 2.75) is 6.92 Å². The van der Waals surface area contributed by atoms with Crippen molar-refractivity contribution in [3.8, 4) is 0 Å². The summed E-state index contributed by atoms with van der Waals surface area (Å²) in [6, 6.07) is 5.22. The second-order valence-electron chi connectivity index (χ2n) is 3.06. The minimum absolute atomic E-state index is 0.313. The van der Waals surface area contributed by atoms with Crippen LogP contribution in [0.5, 0.6) is 0 Å². The molecular formula is C9H9N5OS. The number of nitrogen functional groups attached to an aromatic ring is 1. The summed E-state index contributed by atoms with van der Waals surface area (Å²) in [6.45, 7) is 1.82. The van der Waals surface area contributed by atoms with Crippen LogP contribution in [-0.4, -0.2) is 21.1 Å². The number of carbonyl (C=O) groups is 1. The third-order valence-corrected chi connectivity index (χ3v) is 2.45. The molecule has 2 heterocycles. The van der Waals surface area contributed by atoms with Crippen LogP contribution >= 0.6 is 11.3 Å². The highest BCUT2D eigenvalue weighted by molar-refractivity contribution is 7.19. The molecule has 2 aromatic heterocycles. The van der Waals surface area contributed by atoms with E-state index in [4.69, 9.17) is 5.73 Å². The first kappa shape index (κ1) is 10.5.